The van der Waals surface area contributed by atoms with Crippen molar-refractivity contribution in [1.82, 2.24) is 24.2 Å². The highest BCUT2D eigenvalue weighted by atomic mass is 32.2. The van der Waals surface area contributed by atoms with E-state index in [0.717, 1.165) is 5.56 Å². The molecule has 2 heterocycles. The fourth-order valence-electron chi connectivity index (χ4n) is 3.19. The summed E-state index contributed by atoms with van der Waals surface area (Å²) in [6.45, 7) is 0.803. The normalized spacial score (nSPS) is 11.5. The molecule has 10 nitrogen and oxygen atoms in total. The third-order valence-electron chi connectivity index (χ3n) is 4.90. The van der Waals surface area contributed by atoms with E-state index < -0.39 is 16.0 Å². The molecule has 0 unspecified atom stereocenters. The van der Waals surface area contributed by atoms with Crippen molar-refractivity contribution >= 4 is 33.0 Å². The molecule has 11 heteroatoms. The van der Waals surface area contributed by atoms with Gasteiger partial charge in [-0.3, -0.25) is 0 Å². The Labute approximate surface area is 190 Å². The van der Waals surface area contributed by atoms with Crippen molar-refractivity contribution in [1.29, 1.82) is 0 Å². The fraction of sp³-hybridized carbons (Fsp3) is 0.182. The summed E-state index contributed by atoms with van der Waals surface area (Å²) in [5.74, 6) is -0.296. The van der Waals surface area contributed by atoms with E-state index in [9.17, 15) is 13.2 Å². The monoisotopic (exact) mass is 466 g/mol. The number of imidazole rings is 1. The molecule has 0 aliphatic heterocycles. The lowest BCUT2D eigenvalue weighted by atomic mass is 10.2. The van der Waals surface area contributed by atoms with Gasteiger partial charge in [-0.05, 0) is 30.2 Å². The summed E-state index contributed by atoms with van der Waals surface area (Å²) in [6.07, 6.45) is 3.48. The molecule has 4 rings (SSSR count). The zero-order valence-electron chi connectivity index (χ0n) is 17.6. The molecule has 0 saturated carbocycles. The third kappa shape index (κ3) is 5.33. The molecule has 0 radical (unpaired) electrons. The van der Waals surface area contributed by atoms with Gasteiger partial charge in [0.1, 0.15) is 11.8 Å². The average molecular weight is 467 g/mol. The number of fused-ring (bicyclic) bond motifs is 1. The van der Waals surface area contributed by atoms with Gasteiger partial charge in [-0.1, -0.05) is 36.4 Å². The van der Waals surface area contributed by atoms with Crippen molar-refractivity contribution in [3.63, 3.8) is 0 Å². The standard InChI is InChI=1S/C22H22N6O4S/c23-20-19-21(25-14-24-20)28(15-26-19)10-5-11-32-22(29)17-8-4-9-18(12-17)33(30,31)27-13-16-6-2-1-3-7-16/h1-4,6-9,12,14-15,27H,5,10-11,13H2,(H2,23,24,25). The second-order valence-electron chi connectivity index (χ2n) is 7.20. The molecule has 0 aliphatic rings. The summed E-state index contributed by atoms with van der Waals surface area (Å²) in [7, 11) is -3.78. The number of benzene rings is 2. The molecule has 33 heavy (non-hydrogen) atoms. The lowest BCUT2D eigenvalue weighted by molar-refractivity contribution is 0.0496. The third-order valence-corrected chi connectivity index (χ3v) is 6.29. The van der Waals surface area contributed by atoms with Crippen LogP contribution in [0.25, 0.3) is 11.2 Å². The van der Waals surface area contributed by atoms with Crippen molar-refractivity contribution < 1.29 is 17.9 Å². The molecule has 2 aromatic carbocycles. The molecule has 2 aromatic heterocycles. The van der Waals surface area contributed by atoms with Crippen molar-refractivity contribution in [3.05, 3.63) is 78.4 Å². The number of rotatable bonds is 9. The Bertz CT molecular complexity index is 1370. The summed E-state index contributed by atoms with van der Waals surface area (Å²) in [6, 6.07) is 14.9. The number of ether oxygens (including phenoxy) is 1. The first-order chi connectivity index (χ1) is 15.9. The largest absolute Gasteiger partial charge is 0.462 e. The van der Waals surface area contributed by atoms with Crippen LogP contribution in [0.4, 0.5) is 5.82 Å². The first-order valence-corrected chi connectivity index (χ1v) is 11.6. The van der Waals surface area contributed by atoms with Crippen molar-refractivity contribution in [2.24, 2.45) is 0 Å². The minimum atomic E-state index is -3.78. The van der Waals surface area contributed by atoms with Crippen molar-refractivity contribution in [3.8, 4) is 0 Å². The highest BCUT2D eigenvalue weighted by molar-refractivity contribution is 7.89. The summed E-state index contributed by atoms with van der Waals surface area (Å²) in [5, 5.41) is 0. The number of nitrogen functional groups attached to an aromatic ring is 1. The Hall–Kier alpha value is -3.83. The second-order valence-corrected chi connectivity index (χ2v) is 8.96. The van der Waals surface area contributed by atoms with Gasteiger partial charge in [0.05, 0.1) is 23.4 Å². The molecule has 0 atom stereocenters. The number of nitrogens with zero attached hydrogens (tertiary/aromatic N) is 4. The number of sulfonamides is 1. The lowest BCUT2D eigenvalue weighted by Gasteiger charge is -2.09. The van der Waals surface area contributed by atoms with Crippen LogP contribution in [0.15, 0.2) is 72.1 Å². The van der Waals surface area contributed by atoms with E-state index in [4.69, 9.17) is 10.5 Å². The van der Waals surface area contributed by atoms with E-state index in [1.54, 1.807) is 10.9 Å². The predicted molar refractivity (Wildman–Crippen MR) is 122 cm³/mol. The molecule has 3 N–H and O–H groups in total. The zero-order chi connectivity index (χ0) is 23.3. The van der Waals surface area contributed by atoms with Crippen LogP contribution in [0.1, 0.15) is 22.3 Å². The Morgan fingerprint density at radius 1 is 1.06 bits per heavy atom. The van der Waals surface area contributed by atoms with Crippen LogP contribution < -0.4 is 10.5 Å². The Morgan fingerprint density at radius 2 is 1.88 bits per heavy atom. The van der Waals surface area contributed by atoms with Gasteiger partial charge in [-0.25, -0.2) is 32.9 Å². The number of hydrogen-bond donors (Lipinski definition) is 2. The summed E-state index contributed by atoms with van der Waals surface area (Å²) in [5.41, 5.74) is 7.89. The Morgan fingerprint density at radius 3 is 2.70 bits per heavy atom. The van der Waals surface area contributed by atoms with Crippen LogP contribution in [0.3, 0.4) is 0 Å². The highest BCUT2D eigenvalue weighted by Crippen LogP contribution is 2.15. The number of aryl methyl sites for hydroxylation is 1. The molecule has 0 bridgehead atoms. The molecular formula is C22H22N6O4S. The number of hydrogen-bond acceptors (Lipinski definition) is 8. The minimum Gasteiger partial charge on any atom is -0.462 e. The summed E-state index contributed by atoms with van der Waals surface area (Å²) >= 11 is 0. The highest BCUT2D eigenvalue weighted by Gasteiger charge is 2.17. The molecule has 170 valence electrons. The molecule has 0 amide bonds. The number of anilines is 1. The molecule has 0 aliphatic carbocycles. The number of aromatic nitrogens is 4. The number of esters is 1. The van der Waals surface area contributed by atoms with Crippen molar-refractivity contribution in [2.75, 3.05) is 12.3 Å². The van der Waals surface area contributed by atoms with Crippen LogP contribution in [0.2, 0.25) is 0 Å². The van der Waals surface area contributed by atoms with Gasteiger partial charge in [-0.2, -0.15) is 0 Å². The first kappa shape index (κ1) is 22.4. The molecule has 4 aromatic rings. The smallest absolute Gasteiger partial charge is 0.338 e. The minimum absolute atomic E-state index is 0.00459. The Kier molecular flexibility index (Phi) is 6.61. The number of nitrogens with two attached hydrogens (primary N) is 1. The van der Waals surface area contributed by atoms with Gasteiger partial charge in [0.15, 0.2) is 11.5 Å². The van der Waals surface area contributed by atoms with Crippen LogP contribution in [-0.4, -0.2) is 40.5 Å². The lowest BCUT2D eigenvalue weighted by Crippen LogP contribution is -2.23. The average Bonchev–Trinajstić information content (AvgIpc) is 3.25. The van der Waals surface area contributed by atoms with E-state index in [-0.39, 0.29) is 23.6 Å². The second kappa shape index (κ2) is 9.76. The Balaban J connectivity index is 1.33. The van der Waals surface area contributed by atoms with Gasteiger partial charge in [-0.15, -0.1) is 0 Å². The topological polar surface area (TPSA) is 142 Å². The van der Waals surface area contributed by atoms with E-state index >= 15 is 0 Å². The van der Waals surface area contributed by atoms with Crippen molar-refractivity contribution in [2.45, 2.75) is 24.4 Å². The maximum Gasteiger partial charge on any atom is 0.338 e. The molecule has 0 spiro atoms. The maximum atomic E-state index is 12.6. The SMILES string of the molecule is Nc1ncnc2c1ncn2CCCOC(=O)c1cccc(S(=O)(=O)NCc2ccccc2)c1. The number of nitrogens with one attached hydrogen (secondary N) is 1. The van der Waals surface area contributed by atoms with Crippen LogP contribution in [0.5, 0.6) is 0 Å². The predicted octanol–water partition coefficient (Wildman–Crippen LogP) is 2.13. The fourth-order valence-corrected chi connectivity index (χ4v) is 4.26. The summed E-state index contributed by atoms with van der Waals surface area (Å²) < 4.78 is 34.9. The van der Waals surface area contributed by atoms with Crippen LogP contribution in [0, 0.1) is 0 Å². The van der Waals surface area contributed by atoms with E-state index in [1.165, 1.54) is 30.6 Å². The van der Waals surface area contributed by atoms with Gasteiger partial charge in [0.2, 0.25) is 10.0 Å². The van der Waals surface area contributed by atoms with Gasteiger partial charge in [0, 0.05) is 13.1 Å². The van der Waals surface area contributed by atoms with Gasteiger partial charge < -0.3 is 15.0 Å². The molecule has 0 saturated heterocycles. The van der Waals surface area contributed by atoms with Gasteiger partial charge in [0.25, 0.3) is 0 Å². The van der Waals surface area contributed by atoms with Crippen LogP contribution in [-0.2, 0) is 27.8 Å². The van der Waals surface area contributed by atoms with E-state index in [1.807, 2.05) is 30.3 Å². The number of carbonyl (C=O) groups excluding carboxylic acids is 1. The quantitative estimate of drug-likeness (QED) is 0.282. The first-order valence-electron chi connectivity index (χ1n) is 10.2. The van der Waals surface area contributed by atoms with E-state index in [2.05, 4.69) is 19.7 Å². The van der Waals surface area contributed by atoms with Crippen LogP contribution >= 0.6 is 0 Å². The van der Waals surface area contributed by atoms with Gasteiger partial charge >= 0.3 is 5.97 Å². The zero-order valence-corrected chi connectivity index (χ0v) is 18.4. The molecule has 0 fully saturated rings. The van der Waals surface area contributed by atoms with E-state index in [0.29, 0.717) is 29.9 Å². The summed E-state index contributed by atoms with van der Waals surface area (Å²) in [4.78, 5) is 24.7. The number of carbonyl (C=O) groups is 1. The molecular weight excluding hydrogens is 444 g/mol. The maximum absolute atomic E-state index is 12.6.